The van der Waals surface area contributed by atoms with Crippen molar-refractivity contribution in [1.29, 1.82) is 0 Å². The first-order valence-electron chi connectivity index (χ1n) is 6.79. The van der Waals surface area contributed by atoms with Crippen molar-refractivity contribution in [2.45, 2.75) is 32.6 Å². The lowest BCUT2D eigenvalue weighted by molar-refractivity contribution is 0.0717. The van der Waals surface area contributed by atoms with Crippen molar-refractivity contribution in [3.05, 3.63) is 34.6 Å². The Labute approximate surface area is 118 Å². The highest BCUT2D eigenvalue weighted by Crippen LogP contribution is 2.35. The Hall–Kier alpha value is -0.930. The number of rotatable bonds is 4. The maximum absolute atomic E-state index is 13.5. The summed E-state index contributed by atoms with van der Waals surface area (Å²) in [4.78, 5) is 12.7. The van der Waals surface area contributed by atoms with Crippen LogP contribution in [0.4, 0.5) is 4.39 Å². The minimum absolute atomic E-state index is 0.0390. The molecule has 0 radical (unpaired) electrons. The summed E-state index contributed by atoms with van der Waals surface area (Å²) in [5, 5.41) is 3.35. The Bertz CT molecular complexity index is 464. The van der Waals surface area contributed by atoms with E-state index in [9.17, 15) is 9.18 Å². The topological polar surface area (TPSA) is 29.1 Å². The number of piperidine rings is 1. The van der Waals surface area contributed by atoms with Gasteiger partial charge in [-0.25, -0.2) is 4.39 Å². The summed E-state index contributed by atoms with van der Waals surface area (Å²) in [7, 11) is 0. The zero-order valence-electron chi connectivity index (χ0n) is 11.1. The molecule has 1 saturated heterocycles. The van der Waals surface area contributed by atoms with Crippen LogP contribution < -0.4 is 5.32 Å². The van der Waals surface area contributed by atoms with Crippen molar-refractivity contribution in [2.75, 3.05) is 13.1 Å². The second kappa shape index (κ2) is 6.02. The largest absolute Gasteiger partial charge is 0.316 e. The summed E-state index contributed by atoms with van der Waals surface area (Å²) in [6.45, 7) is 3.71. The van der Waals surface area contributed by atoms with Gasteiger partial charge in [-0.2, -0.15) is 0 Å². The SMILES string of the molecule is CCC[C@]1(C(=O)c2ccc(Cl)c(F)c2)CCCNC1. The Balaban J connectivity index is 2.30. The molecule has 1 N–H and O–H groups in total. The Morgan fingerprint density at radius 2 is 2.32 bits per heavy atom. The van der Waals surface area contributed by atoms with Gasteiger partial charge in [-0.15, -0.1) is 0 Å². The number of Topliss-reactive ketones (excluding diaryl/α,β-unsaturated/α-hetero) is 1. The number of benzene rings is 1. The van der Waals surface area contributed by atoms with Gasteiger partial charge in [0.1, 0.15) is 5.82 Å². The van der Waals surface area contributed by atoms with Gasteiger partial charge in [0.2, 0.25) is 0 Å². The minimum atomic E-state index is -0.525. The highest BCUT2D eigenvalue weighted by atomic mass is 35.5. The molecule has 1 aliphatic rings. The summed E-state index contributed by atoms with van der Waals surface area (Å²) in [6, 6.07) is 4.34. The third kappa shape index (κ3) is 2.98. The van der Waals surface area contributed by atoms with Crippen LogP contribution in [-0.2, 0) is 0 Å². The highest BCUT2D eigenvalue weighted by Gasteiger charge is 2.39. The molecule has 104 valence electrons. The van der Waals surface area contributed by atoms with Crippen molar-refractivity contribution in [3.8, 4) is 0 Å². The molecular formula is C15H19ClFNO. The van der Waals surface area contributed by atoms with E-state index < -0.39 is 5.82 Å². The molecule has 1 fully saturated rings. The van der Waals surface area contributed by atoms with Crippen LogP contribution >= 0.6 is 11.6 Å². The van der Waals surface area contributed by atoms with Gasteiger partial charge in [-0.05, 0) is 44.0 Å². The number of carbonyl (C=O) groups excluding carboxylic acids is 1. The number of nitrogens with one attached hydrogen (secondary N) is 1. The van der Waals surface area contributed by atoms with Gasteiger partial charge in [0.15, 0.2) is 5.78 Å². The van der Waals surface area contributed by atoms with Gasteiger partial charge in [-0.1, -0.05) is 24.9 Å². The predicted molar refractivity (Wildman–Crippen MR) is 75.2 cm³/mol. The summed E-state index contributed by atoms with van der Waals surface area (Å²) < 4.78 is 13.5. The monoisotopic (exact) mass is 283 g/mol. The Kier molecular flexibility index (Phi) is 4.58. The number of ketones is 1. The van der Waals surface area contributed by atoms with E-state index in [0.717, 1.165) is 32.2 Å². The molecule has 1 atom stereocenters. The van der Waals surface area contributed by atoms with E-state index in [-0.39, 0.29) is 16.2 Å². The van der Waals surface area contributed by atoms with Crippen molar-refractivity contribution in [1.82, 2.24) is 5.32 Å². The van der Waals surface area contributed by atoms with Crippen LogP contribution in [0.3, 0.4) is 0 Å². The van der Waals surface area contributed by atoms with Crippen molar-refractivity contribution in [3.63, 3.8) is 0 Å². The molecule has 1 aromatic rings. The number of carbonyl (C=O) groups is 1. The predicted octanol–water partition coefficient (Wildman–Crippen LogP) is 3.83. The van der Waals surface area contributed by atoms with Gasteiger partial charge in [0, 0.05) is 17.5 Å². The van der Waals surface area contributed by atoms with Crippen LogP contribution in [0.5, 0.6) is 0 Å². The fourth-order valence-electron chi connectivity index (χ4n) is 2.91. The van der Waals surface area contributed by atoms with E-state index in [4.69, 9.17) is 11.6 Å². The third-order valence-corrected chi connectivity index (χ3v) is 4.17. The first-order chi connectivity index (χ1) is 9.09. The summed E-state index contributed by atoms with van der Waals surface area (Å²) in [6.07, 6.45) is 3.64. The maximum Gasteiger partial charge on any atom is 0.170 e. The fraction of sp³-hybridized carbons (Fsp3) is 0.533. The normalized spacial score (nSPS) is 23.3. The van der Waals surface area contributed by atoms with Crippen LogP contribution in [-0.4, -0.2) is 18.9 Å². The van der Waals surface area contributed by atoms with Crippen molar-refractivity contribution in [2.24, 2.45) is 5.41 Å². The highest BCUT2D eigenvalue weighted by molar-refractivity contribution is 6.30. The first-order valence-corrected chi connectivity index (χ1v) is 7.17. The number of hydrogen-bond donors (Lipinski definition) is 1. The molecular weight excluding hydrogens is 265 g/mol. The molecule has 1 aliphatic heterocycles. The van der Waals surface area contributed by atoms with E-state index in [1.807, 2.05) is 0 Å². The summed E-state index contributed by atoms with van der Waals surface area (Å²) in [5.41, 5.74) is 0.0480. The van der Waals surface area contributed by atoms with E-state index in [2.05, 4.69) is 12.2 Å². The molecule has 19 heavy (non-hydrogen) atoms. The minimum Gasteiger partial charge on any atom is -0.316 e. The summed E-state index contributed by atoms with van der Waals surface area (Å²) in [5.74, 6) is -0.486. The van der Waals surface area contributed by atoms with Gasteiger partial charge in [0.05, 0.1) is 5.02 Å². The Morgan fingerprint density at radius 1 is 1.53 bits per heavy atom. The van der Waals surface area contributed by atoms with E-state index >= 15 is 0 Å². The second-order valence-corrected chi connectivity index (χ2v) is 5.68. The van der Waals surface area contributed by atoms with Crippen LogP contribution in [0.1, 0.15) is 43.0 Å². The lowest BCUT2D eigenvalue weighted by Gasteiger charge is -2.36. The first kappa shape index (κ1) is 14.5. The quantitative estimate of drug-likeness (QED) is 0.851. The van der Waals surface area contributed by atoms with E-state index in [0.29, 0.717) is 12.1 Å². The van der Waals surface area contributed by atoms with Crippen LogP contribution in [0.15, 0.2) is 18.2 Å². The van der Waals surface area contributed by atoms with Gasteiger partial charge < -0.3 is 5.32 Å². The lowest BCUT2D eigenvalue weighted by atomic mass is 9.71. The molecule has 0 bridgehead atoms. The van der Waals surface area contributed by atoms with Crippen molar-refractivity contribution < 1.29 is 9.18 Å². The third-order valence-electron chi connectivity index (χ3n) is 3.86. The molecule has 0 spiro atoms. The maximum atomic E-state index is 13.5. The Morgan fingerprint density at radius 3 is 2.89 bits per heavy atom. The molecule has 0 aliphatic carbocycles. The van der Waals surface area contributed by atoms with E-state index in [1.54, 1.807) is 6.07 Å². The van der Waals surface area contributed by atoms with Crippen LogP contribution in [0.2, 0.25) is 5.02 Å². The smallest absolute Gasteiger partial charge is 0.170 e. The summed E-state index contributed by atoms with van der Waals surface area (Å²) >= 11 is 5.67. The number of halogens is 2. The second-order valence-electron chi connectivity index (χ2n) is 5.27. The average molecular weight is 284 g/mol. The standard InChI is InChI=1S/C15H19ClFNO/c1-2-6-15(7-3-8-18-10-15)14(19)11-4-5-12(16)13(17)9-11/h4-5,9,18H,2-3,6-8,10H2,1H3/t15-/m0/s1. The zero-order valence-corrected chi connectivity index (χ0v) is 11.9. The van der Waals surface area contributed by atoms with Crippen LogP contribution in [0.25, 0.3) is 0 Å². The van der Waals surface area contributed by atoms with Crippen molar-refractivity contribution >= 4 is 17.4 Å². The van der Waals surface area contributed by atoms with Gasteiger partial charge in [-0.3, -0.25) is 4.79 Å². The molecule has 0 amide bonds. The average Bonchev–Trinajstić information content (AvgIpc) is 2.42. The van der Waals surface area contributed by atoms with Gasteiger partial charge in [0.25, 0.3) is 0 Å². The molecule has 0 unspecified atom stereocenters. The zero-order chi connectivity index (χ0) is 13.9. The molecule has 0 aromatic heterocycles. The molecule has 1 aromatic carbocycles. The van der Waals surface area contributed by atoms with Gasteiger partial charge >= 0.3 is 0 Å². The molecule has 1 heterocycles. The molecule has 2 rings (SSSR count). The lowest BCUT2D eigenvalue weighted by Crippen LogP contribution is -2.45. The number of hydrogen-bond acceptors (Lipinski definition) is 2. The fourth-order valence-corrected chi connectivity index (χ4v) is 3.03. The molecule has 0 saturated carbocycles. The van der Waals surface area contributed by atoms with Crippen LogP contribution in [0, 0.1) is 11.2 Å². The molecule has 2 nitrogen and oxygen atoms in total. The van der Waals surface area contributed by atoms with E-state index in [1.165, 1.54) is 12.1 Å². The molecule has 4 heteroatoms.